The van der Waals surface area contributed by atoms with Gasteiger partial charge >= 0.3 is 0 Å². The van der Waals surface area contributed by atoms with Crippen LogP contribution in [0.15, 0.2) is 206 Å². The lowest BCUT2D eigenvalue weighted by Crippen LogP contribution is -2.03. The van der Waals surface area contributed by atoms with Gasteiger partial charge in [0.2, 0.25) is 5.95 Å². The second-order valence-corrected chi connectivity index (χ2v) is 17.2. The summed E-state index contributed by atoms with van der Waals surface area (Å²) < 4.78 is 4.81. The van der Waals surface area contributed by atoms with Crippen LogP contribution in [-0.4, -0.2) is 19.1 Å². The zero-order chi connectivity index (χ0) is 41.6. The average molecular weight is 811 g/mol. The summed E-state index contributed by atoms with van der Waals surface area (Å²) in [6, 6.07) is 75.4. The molecule has 3 aromatic heterocycles. The molecule has 0 aliphatic heterocycles. The highest BCUT2D eigenvalue weighted by molar-refractivity contribution is 6.41. The summed E-state index contributed by atoms with van der Waals surface area (Å²) in [5, 5.41) is 20.9. The molecule has 0 bridgehead atoms. The van der Waals surface area contributed by atoms with Crippen LogP contribution in [0.5, 0.6) is 0 Å². The maximum Gasteiger partial charge on any atom is 0.235 e. The molecule has 0 aliphatic carbocycles. The first-order chi connectivity index (χ1) is 31.8. The first-order valence-electron chi connectivity index (χ1n) is 22.0. The third-order valence-electron chi connectivity index (χ3n) is 14.0. The fourth-order valence-electron chi connectivity index (χ4n) is 11.4. The van der Waals surface area contributed by atoms with Crippen molar-refractivity contribution in [3.05, 3.63) is 206 Å². The van der Waals surface area contributed by atoms with Gasteiger partial charge in [0.1, 0.15) is 0 Å². The summed E-state index contributed by atoms with van der Waals surface area (Å²) >= 11 is 0. The van der Waals surface area contributed by atoms with Crippen LogP contribution in [0.2, 0.25) is 0 Å². The van der Waals surface area contributed by atoms with E-state index in [2.05, 4.69) is 215 Å². The van der Waals surface area contributed by atoms with Gasteiger partial charge in [-0.3, -0.25) is 4.57 Å². The van der Waals surface area contributed by atoms with Gasteiger partial charge in [0, 0.05) is 37.9 Å². The van der Waals surface area contributed by atoms with E-state index in [1.54, 1.807) is 0 Å². The molecule has 12 aromatic carbocycles. The predicted molar refractivity (Wildman–Crippen MR) is 270 cm³/mol. The molecular formula is C60H34N4. The Hall–Kier alpha value is -8.60. The molecule has 15 rings (SSSR count). The second kappa shape index (κ2) is 12.5. The van der Waals surface area contributed by atoms with Crippen LogP contribution in [-0.2, 0) is 0 Å². The minimum absolute atomic E-state index is 0.656. The highest BCUT2D eigenvalue weighted by Gasteiger charge is 2.25. The van der Waals surface area contributed by atoms with Crippen LogP contribution >= 0.6 is 0 Å². The third kappa shape index (κ3) is 4.46. The van der Waals surface area contributed by atoms with Gasteiger partial charge in [-0.15, -0.1) is 0 Å². The molecule has 294 valence electrons. The highest BCUT2D eigenvalue weighted by Crippen LogP contribution is 2.49. The van der Waals surface area contributed by atoms with Gasteiger partial charge < -0.3 is 4.57 Å². The molecule has 0 radical (unpaired) electrons. The van der Waals surface area contributed by atoms with Crippen LogP contribution in [0.4, 0.5) is 0 Å². The monoisotopic (exact) mass is 810 g/mol. The number of fused-ring (bicyclic) bond motifs is 13. The molecule has 64 heavy (non-hydrogen) atoms. The van der Waals surface area contributed by atoms with Crippen molar-refractivity contribution < 1.29 is 0 Å². The SMILES string of the molecule is c1ccc2cc(-c3nc(-n4c5ccccc5c5c6cccc7c8cccc9c8c(cc8c9c9ccccc9n8-c8cccc9ccccc89)c(cc54)c76)nc4ccccc34)ccc2c1. The van der Waals surface area contributed by atoms with Crippen molar-refractivity contribution in [3.8, 4) is 22.9 Å². The lowest BCUT2D eigenvalue weighted by Gasteiger charge is -2.18. The normalized spacial score (nSPS) is 12.4. The molecule has 4 nitrogen and oxygen atoms in total. The second-order valence-electron chi connectivity index (χ2n) is 17.2. The summed E-state index contributed by atoms with van der Waals surface area (Å²) in [6.45, 7) is 0. The largest absolute Gasteiger partial charge is 0.309 e. The zero-order valence-electron chi connectivity index (χ0n) is 34.4. The molecule has 15 aromatic rings. The molecular weight excluding hydrogens is 777 g/mol. The first kappa shape index (κ1) is 34.0. The molecule has 0 amide bonds. The summed E-state index contributed by atoms with van der Waals surface area (Å²) in [4.78, 5) is 10.9. The molecule has 0 aliphatic rings. The average Bonchev–Trinajstić information content (AvgIpc) is 3.87. The van der Waals surface area contributed by atoms with Gasteiger partial charge in [0.25, 0.3) is 0 Å². The Morgan fingerprint density at radius 2 is 0.797 bits per heavy atom. The summed E-state index contributed by atoms with van der Waals surface area (Å²) in [6.07, 6.45) is 0. The van der Waals surface area contributed by atoms with E-state index >= 15 is 0 Å². The van der Waals surface area contributed by atoms with Gasteiger partial charge in [0.05, 0.1) is 39.0 Å². The van der Waals surface area contributed by atoms with Crippen LogP contribution in [0.3, 0.4) is 0 Å². The smallest absolute Gasteiger partial charge is 0.235 e. The number of rotatable bonds is 3. The first-order valence-corrected chi connectivity index (χ1v) is 22.0. The van der Waals surface area contributed by atoms with Crippen LogP contribution < -0.4 is 0 Å². The van der Waals surface area contributed by atoms with Gasteiger partial charge in [-0.2, -0.15) is 0 Å². The molecule has 0 spiro atoms. The minimum atomic E-state index is 0.656. The number of para-hydroxylation sites is 3. The van der Waals surface area contributed by atoms with Crippen molar-refractivity contribution >= 4 is 119 Å². The Bertz CT molecular complexity index is 4490. The Kier molecular flexibility index (Phi) is 6.65. The van der Waals surface area contributed by atoms with Crippen LogP contribution in [0.1, 0.15) is 0 Å². The van der Waals surface area contributed by atoms with Gasteiger partial charge in [-0.1, -0.05) is 164 Å². The van der Waals surface area contributed by atoms with Crippen molar-refractivity contribution in [1.82, 2.24) is 19.1 Å². The third-order valence-corrected chi connectivity index (χ3v) is 14.0. The van der Waals surface area contributed by atoms with Crippen molar-refractivity contribution in [2.75, 3.05) is 0 Å². The van der Waals surface area contributed by atoms with Gasteiger partial charge in [-0.05, 0) is 102 Å². The maximum atomic E-state index is 5.55. The topological polar surface area (TPSA) is 35.6 Å². The molecule has 0 fully saturated rings. The van der Waals surface area contributed by atoms with E-state index < -0.39 is 0 Å². The van der Waals surface area contributed by atoms with E-state index in [9.17, 15) is 0 Å². The summed E-state index contributed by atoms with van der Waals surface area (Å²) in [5.74, 6) is 0.656. The Morgan fingerprint density at radius 3 is 1.52 bits per heavy atom. The van der Waals surface area contributed by atoms with Crippen molar-refractivity contribution in [1.29, 1.82) is 0 Å². The fraction of sp³-hybridized carbons (Fsp3) is 0. The van der Waals surface area contributed by atoms with Crippen molar-refractivity contribution in [2.45, 2.75) is 0 Å². The zero-order valence-corrected chi connectivity index (χ0v) is 34.4. The van der Waals surface area contributed by atoms with Crippen LogP contribution in [0.25, 0.3) is 142 Å². The molecule has 0 saturated heterocycles. The van der Waals surface area contributed by atoms with E-state index in [-0.39, 0.29) is 0 Å². The quantitative estimate of drug-likeness (QED) is 0.132. The lowest BCUT2D eigenvalue weighted by molar-refractivity contribution is 1.01. The van der Waals surface area contributed by atoms with Crippen LogP contribution in [0, 0.1) is 0 Å². The van der Waals surface area contributed by atoms with E-state index in [0.29, 0.717) is 5.95 Å². The molecule has 0 unspecified atom stereocenters. The molecule has 3 heterocycles. The fourth-order valence-corrected chi connectivity index (χ4v) is 11.4. The molecule has 4 heteroatoms. The minimum Gasteiger partial charge on any atom is -0.309 e. The number of hydrogen-bond donors (Lipinski definition) is 0. The summed E-state index contributed by atoms with van der Waals surface area (Å²) in [5.41, 5.74) is 8.64. The Labute approximate surface area is 365 Å². The van der Waals surface area contributed by atoms with E-state index in [1.165, 1.54) is 103 Å². The van der Waals surface area contributed by atoms with Gasteiger partial charge in [0.15, 0.2) is 0 Å². The number of hydrogen-bond acceptors (Lipinski definition) is 2. The van der Waals surface area contributed by atoms with Crippen molar-refractivity contribution in [3.63, 3.8) is 0 Å². The van der Waals surface area contributed by atoms with E-state index in [4.69, 9.17) is 9.97 Å². The Morgan fingerprint density at radius 1 is 0.281 bits per heavy atom. The molecule has 0 saturated carbocycles. The van der Waals surface area contributed by atoms with E-state index in [0.717, 1.165) is 33.2 Å². The maximum absolute atomic E-state index is 5.55. The summed E-state index contributed by atoms with van der Waals surface area (Å²) in [7, 11) is 0. The van der Waals surface area contributed by atoms with Gasteiger partial charge in [-0.25, -0.2) is 9.97 Å². The van der Waals surface area contributed by atoms with E-state index in [1.807, 2.05) is 0 Å². The number of nitrogens with zero attached hydrogens (tertiary/aromatic N) is 4. The number of aromatic nitrogens is 4. The number of benzene rings is 12. The molecule has 0 atom stereocenters. The lowest BCUT2D eigenvalue weighted by atomic mass is 9.87. The standard InChI is InChI=1S/C60H34N4/c1-2-16-37-32-38(31-30-35(37)14-1)59-42-19-5-8-26-49(42)61-60(62-59)64-52-28-10-7-21-44(52)58-46-25-13-23-41-40-22-12-24-45-55(40)47(48(56(41)46)34-54(58)64)33-53-57(45)43-20-6-9-27-51(43)63(53)50-29-11-17-36-15-3-4-18-39(36)50/h1-34H. The highest BCUT2D eigenvalue weighted by atomic mass is 15.2. The Balaban J connectivity index is 1.12. The van der Waals surface area contributed by atoms with Crippen molar-refractivity contribution in [2.24, 2.45) is 0 Å². The predicted octanol–water partition coefficient (Wildman–Crippen LogP) is 15.8. The molecule has 0 N–H and O–H groups in total.